The highest BCUT2D eigenvalue weighted by Gasteiger charge is 2.07. The second kappa shape index (κ2) is 7.11. The van der Waals surface area contributed by atoms with E-state index in [9.17, 15) is 5.11 Å². The van der Waals surface area contributed by atoms with E-state index < -0.39 is 6.10 Å². The van der Waals surface area contributed by atoms with Crippen LogP contribution in [0.2, 0.25) is 0 Å². The summed E-state index contributed by atoms with van der Waals surface area (Å²) in [5.74, 6) is 0.898. The lowest BCUT2D eigenvalue weighted by Crippen LogP contribution is -2.00. The monoisotopic (exact) mass is 270 g/mol. The first-order valence-electron chi connectivity index (χ1n) is 7.15. The van der Waals surface area contributed by atoms with Crippen LogP contribution in [0.1, 0.15) is 36.1 Å². The fourth-order valence-corrected chi connectivity index (χ4v) is 2.22. The third-order valence-electron chi connectivity index (χ3n) is 3.38. The van der Waals surface area contributed by atoms with Gasteiger partial charge in [-0.15, -0.1) is 0 Å². The van der Waals surface area contributed by atoms with Gasteiger partial charge < -0.3 is 9.84 Å². The molecule has 0 saturated carbocycles. The minimum Gasteiger partial charge on any atom is -0.494 e. The summed E-state index contributed by atoms with van der Waals surface area (Å²) in [4.78, 5) is 0. The van der Waals surface area contributed by atoms with Gasteiger partial charge >= 0.3 is 0 Å². The van der Waals surface area contributed by atoms with Crippen molar-refractivity contribution in [1.29, 1.82) is 0 Å². The average Bonchev–Trinajstić information content (AvgIpc) is 2.46. The maximum atomic E-state index is 10.2. The van der Waals surface area contributed by atoms with E-state index in [1.807, 2.05) is 49.4 Å². The molecule has 1 atom stereocenters. The Kier molecular flexibility index (Phi) is 5.19. The molecule has 20 heavy (non-hydrogen) atoms. The lowest BCUT2D eigenvalue weighted by Gasteiger charge is -2.12. The van der Waals surface area contributed by atoms with Gasteiger partial charge in [-0.3, -0.25) is 0 Å². The van der Waals surface area contributed by atoms with Crippen molar-refractivity contribution in [3.63, 3.8) is 0 Å². The highest BCUT2D eigenvalue weighted by molar-refractivity contribution is 5.29. The molecule has 0 spiro atoms. The molecule has 0 radical (unpaired) electrons. The quantitative estimate of drug-likeness (QED) is 0.857. The van der Waals surface area contributed by atoms with Crippen LogP contribution in [0.5, 0.6) is 5.75 Å². The summed E-state index contributed by atoms with van der Waals surface area (Å²) in [7, 11) is 0. The largest absolute Gasteiger partial charge is 0.494 e. The Hall–Kier alpha value is -1.80. The molecule has 0 amide bonds. The molecule has 2 heteroatoms. The molecule has 0 aromatic heterocycles. The van der Waals surface area contributed by atoms with E-state index >= 15 is 0 Å². The van der Waals surface area contributed by atoms with Crippen LogP contribution in [0.15, 0.2) is 48.5 Å². The van der Waals surface area contributed by atoms with Crippen LogP contribution in [-0.2, 0) is 6.42 Å². The molecule has 2 aromatic rings. The first kappa shape index (κ1) is 14.6. The van der Waals surface area contributed by atoms with Gasteiger partial charge in [-0.05, 0) is 49.9 Å². The Bertz CT molecular complexity index is 531. The summed E-state index contributed by atoms with van der Waals surface area (Å²) in [5, 5.41) is 10.2. The Morgan fingerprint density at radius 1 is 1.10 bits per heavy atom. The third kappa shape index (κ3) is 4.10. The van der Waals surface area contributed by atoms with Gasteiger partial charge in [0.15, 0.2) is 0 Å². The van der Waals surface area contributed by atoms with E-state index in [-0.39, 0.29) is 0 Å². The number of aryl methyl sites for hydroxylation is 2. The van der Waals surface area contributed by atoms with Gasteiger partial charge in [0.25, 0.3) is 0 Å². The molecular formula is C18H22O2. The summed E-state index contributed by atoms with van der Waals surface area (Å²) in [6.45, 7) is 4.71. The zero-order valence-corrected chi connectivity index (χ0v) is 12.2. The number of hydrogen-bond donors (Lipinski definition) is 1. The molecule has 2 nitrogen and oxygen atoms in total. The zero-order valence-electron chi connectivity index (χ0n) is 12.2. The number of aliphatic hydroxyl groups is 1. The summed E-state index contributed by atoms with van der Waals surface area (Å²) in [6.07, 6.45) is 1.15. The molecule has 0 aliphatic carbocycles. The summed E-state index contributed by atoms with van der Waals surface area (Å²) in [6, 6.07) is 16.1. The van der Waals surface area contributed by atoms with Crippen molar-refractivity contribution in [2.45, 2.75) is 32.8 Å². The van der Waals surface area contributed by atoms with Crippen molar-refractivity contribution in [3.8, 4) is 5.75 Å². The molecule has 0 aliphatic heterocycles. The SMILES string of the molecule is CCOc1cccc(CCC(O)c2ccc(C)cc2)c1. The van der Waals surface area contributed by atoms with Gasteiger partial charge in [0.05, 0.1) is 12.7 Å². The number of hydrogen-bond acceptors (Lipinski definition) is 2. The first-order valence-corrected chi connectivity index (χ1v) is 7.15. The lowest BCUT2D eigenvalue weighted by molar-refractivity contribution is 0.168. The standard InChI is InChI=1S/C18H22O2/c1-3-20-17-6-4-5-15(13-17)9-12-18(19)16-10-7-14(2)8-11-16/h4-8,10-11,13,18-19H,3,9,12H2,1-2H3. The molecule has 106 valence electrons. The second-order valence-corrected chi connectivity index (χ2v) is 5.05. The number of benzene rings is 2. The van der Waals surface area contributed by atoms with Gasteiger partial charge in [-0.1, -0.05) is 42.0 Å². The molecule has 1 unspecified atom stereocenters. The van der Waals surface area contributed by atoms with E-state index in [1.165, 1.54) is 11.1 Å². The van der Waals surface area contributed by atoms with Gasteiger partial charge in [0, 0.05) is 0 Å². The van der Waals surface area contributed by atoms with Crippen LogP contribution in [-0.4, -0.2) is 11.7 Å². The Morgan fingerprint density at radius 2 is 1.85 bits per heavy atom. The fraction of sp³-hybridized carbons (Fsp3) is 0.333. The van der Waals surface area contributed by atoms with Crippen molar-refractivity contribution in [3.05, 3.63) is 65.2 Å². The predicted octanol–water partition coefficient (Wildman–Crippen LogP) is 4.06. The second-order valence-electron chi connectivity index (χ2n) is 5.05. The maximum Gasteiger partial charge on any atom is 0.119 e. The Labute approximate surface area is 121 Å². The summed E-state index contributed by atoms with van der Waals surface area (Å²) >= 11 is 0. The number of ether oxygens (including phenoxy) is 1. The molecule has 0 bridgehead atoms. The molecule has 0 heterocycles. The minimum atomic E-state index is -0.411. The van der Waals surface area contributed by atoms with Gasteiger partial charge in [0.2, 0.25) is 0 Å². The Balaban J connectivity index is 1.94. The van der Waals surface area contributed by atoms with Crippen LogP contribution >= 0.6 is 0 Å². The lowest BCUT2D eigenvalue weighted by atomic mass is 10.0. The topological polar surface area (TPSA) is 29.5 Å². The third-order valence-corrected chi connectivity index (χ3v) is 3.38. The van der Waals surface area contributed by atoms with Gasteiger partial charge in [0.1, 0.15) is 5.75 Å². The first-order chi connectivity index (χ1) is 9.69. The van der Waals surface area contributed by atoms with E-state index in [0.717, 1.165) is 24.2 Å². The Morgan fingerprint density at radius 3 is 2.55 bits per heavy atom. The van der Waals surface area contributed by atoms with Gasteiger partial charge in [-0.2, -0.15) is 0 Å². The molecule has 0 fully saturated rings. The van der Waals surface area contributed by atoms with Crippen LogP contribution in [0.3, 0.4) is 0 Å². The average molecular weight is 270 g/mol. The highest BCUT2D eigenvalue weighted by atomic mass is 16.5. The molecule has 0 saturated heterocycles. The molecular weight excluding hydrogens is 248 g/mol. The molecule has 1 N–H and O–H groups in total. The van der Waals surface area contributed by atoms with E-state index in [2.05, 4.69) is 13.0 Å². The van der Waals surface area contributed by atoms with E-state index in [1.54, 1.807) is 0 Å². The van der Waals surface area contributed by atoms with Crippen molar-refractivity contribution in [2.24, 2.45) is 0 Å². The minimum absolute atomic E-state index is 0.411. The van der Waals surface area contributed by atoms with Crippen molar-refractivity contribution >= 4 is 0 Å². The predicted molar refractivity (Wildman–Crippen MR) is 82.1 cm³/mol. The van der Waals surface area contributed by atoms with Crippen LogP contribution in [0.25, 0.3) is 0 Å². The highest BCUT2D eigenvalue weighted by Crippen LogP contribution is 2.21. The van der Waals surface area contributed by atoms with E-state index in [0.29, 0.717) is 6.61 Å². The van der Waals surface area contributed by atoms with Crippen LogP contribution < -0.4 is 4.74 Å². The number of aliphatic hydroxyl groups excluding tert-OH is 1. The zero-order chi connectivity index (χ0) is 14.4. The number of rotatable bonds is 6. The molecule has 2 aromatic carbocycles. The van der Waals surface area contributed by atoms with Crippen LogP contribution in [0.4, 0.5) is 0 Å². The van der Waals surface area contributed by atoms with Crippen molar-refractivity contribution in [1.82, 2.24) is 0 Å². The fourth-order valence-electron chi connectivity index (χ4n) is 2.22. The summed E-state index contributed by atoms with van der Waals surface area (Å²) in [5.41, 5.74) is 3.39. The molecule has 0 aliphatic rings. The normalized spacial score (nSPS) is 12.2. The van der Waals surface area contributed by atoms with E-state index in [4.69, 9.17) is 4.74 Å². The van der Waals surface area contributed by atoms with Crippen LogP contribution in [0, 0.1) is 6.92 Å². The van der Waals surface area contributed by atoms with Crippen molar-refractivity contribution in [2.75, 3.05) is 6.61 Å². The summed E-state index contributed by atoms with van der Waals surface area (Å²) < 4.78 is 5.49. The van der Waals surface area contributed by atoms with Gasteiger partial charge in [-0.25, -0.2) is 0 Å². The molecule has 2 rings (SSSR count). The van der Waals surface area contributed by atoms with Crippen molar-refractivity contribution < 1.29 is 9.84 Å². The maximum absolute atomic E-state index is 10.2. The smallest absolute Gasteiger partial charge is 0.119 e.